The van der Waals surface area contributed by atoms with Crippen LogP contribution in [0.15, 0.2) is 18.2 Å². The predicted octanol–water partition coefficient (Wildman–Crippen LogP) is 4.84. The van der Waals surface area contributed by atoms with Crippen molar-refractivity contribution in [3.05, 3.63) is 23.8 Å². The maximum absolute atomic E-state index is 3.60. The lowest BCUT2D eigenvalue weighted by Gasteiger charge is -2.40. The fourth-order valence-corrected chi connectivity index (χ4v) is 3.84. The third-order valence-electron chi connectivity index (χ3n) is 5.60. The van der Waals surface area contributed by atoms with Gasteiger partial charge in [-0.1, -0.05) is 13.8 Å². The van der Waals surface area contributed by atoms with Gasteiger partial charge >= 0.3 is 0 Å². The molecule has 1 aromatic carbocycles. The summed E-state index contributed by atoms with van der Waals surface area (Å²) in [5, 5.41) is 3.60. The normalized spacial score (nSPS) is 25.0. The zero-order chi connectivity index (χ0) is 15.0. The van der Waals surface area contributed by atoms with Gasteiger partial charge in [0.2, 0.25) is 0 Å². The summed E-state index contributed by atoms with van der Waals surface area (Å²) >= 11 is 0. The van der Waals surface area contributed by atoms with Gasteiger partial charge in [-0.2, -0.15) is 0 Å². The van der Waals surface area contributed by atoms with Gasteiger partial charge < -0.3 is 10.2 Å². The Hall–Kier alpha value is -1.18. The largest absolute Gasteiger partial charge is 0.382 e. The third-order valence-corrected chi connectivity index (χ3v) is 5.60. The molecule has 1 heterocycles. The summed E-state index contributed by atoms with van der Waals surface area (Å²) in [6.45, 7) is 7.09. The molecule has 1 fully saturated rings. The molecule has 0 saturated heterocycles. The molecule has 1 atom stereocenters. The zero-order valence-corrected chi connectivity index (χ0v) is 14.1. The van der Waals surface area contributed by atoms with Crippen LogP contribution in [0.3, 0.4) is 0 Å². The van der Waals surface area contributed by atoms with Crippen molar-refractivity contribution in [3.63, 3.8) is 0 Å². The summed E-state index contributed by atoms with van der Waals surface area (Å²) < 4.78 is 0. The Morgan fingerprint density at radius 2 is 1.86 bits per heavy atom. The van der Waals surface area contributed by atoms with Crippen LogP contribution in [0.25, 0.3) is 0 Å². The van der Waals surface area contributed by atoms with Gasteiger partial charge in [-0.05, 0) is 74.6 Å². The van der Waals surface area contributed by atoms with Crippen LogP contribution in [0.2, 0.25) is 0 Å². The quantitative estimate of drug-likeness (QED) is 0.837. The summed E-state index contributed by atoms with van der Waals surface area (Å²) in [7, 11) is 2.28. The van der Waals surface area contributed by atoms with E-state index in [4.69, 9.17) is 0 Å². The van der Waals surface area contributed by atoms with E-state index in [1.807, 2.05) is 0 Å². The molecular weight excluding hydrogens is 256 g/mol. The van der Waals surface area contributed by atoms with Gasteiger partial charge in [0.1, 0.15) is 0 Å². The molecule has 1 saturated carbocycles. The van der Waals surface area contributed by atoms with Crippen LogP contribution in [-0.2, 0) is 6.42 Å². The molecule has 21 heavy (non-hydrogen) atoms. The Bertz CT molecular complexity index is 496. The van der Waals surface area contributed by atoms with Crippen LogP contribution in [-0.4, -0.2) is 19.1 Å². The Labute approximate surface area is 129 Å². The van der Waals surface area contributed by atoms with Crippen molar-refractivity contribution in [2.75, 3.05) is 17.3 Å². The molecule has 1 aliphatic heterocycles. The lowest BCUT2D eigenvalue weighted by atomic mass is 9.75. The van der Waals surface area contributed by atoms with Crippen LogP contribution >= 0.6 is 0 Å². The monoisotopic (exact) mass is 286 g/mol. The first-order chi connectivity index (χ1) is 9.94. The van der Waals surface area contributed by atoms with E-state index in [0.29, 0.717) is 17.5 Å². The lowest BCUT2D eigenvalue weighted by Crippen LogP contribution is -2.37. The van der Waals surface area contributed by atoms with Crippen molar-refractivity contribution in [1.29, 1.82) is 0 Å². The number of benzene rings is 1. The van der Waals surface area contributed by atoms with E-state index in [-0.39, 0.29) is 0 Å². The van der Waals surface area contributed by atoms with E-state index in [2.05, 4.69) is 56.2 Å². The van der Waals surface area contributed by atoms with Crippen molar-refractivity contribution in [3.8, 4) is 0 Å². The second kappa shape index (κ2) is 5.55. The average molecular weight is 286 g/mol. The molecule has 0 bridgehead atoms. The van der Waals surface area contributed by atoms with Gasteiger partial charge in [-0.3, -0.25) is 0 Å². The molecular formula is C19H30N2. The molecule has 0 aromatic heterocycles. The van der Waals surface area contributed by atoms with E-state index in [0.717, 1.165) is 0 Å². The fourth-order valence-electron chi connectivity index (χ4n) is 3.84. The highest BCUT2D eigenvalue weighted by molar-refractivity contribution is 5.62. The van der Waals surface area contributed by atoms with Gasteiger partial charge in [-0.25, -0.2) is 0 Å². The first kappa shape index (κ1) is 14.7. The van der Waals surface area contributed by atoms with Crippen LogP contribution < -0.4 is 10.2 Å². The number of nitrogens with one attached hydrogen (secondary N) is 1. The van der Waals surface area contributed by atoms with E-state index < -0.39 is 0 Å². The maximum atomic E-state index is 3.60. The topological polar surface area (TPSA) is 15.3 Å². The van der Waals surface area contributed by atoms with Crippen LogP contribution in [0, 0.1) is 5.41 Å². The first-order valence-electron chi connectivity index (χ1n) is 8.57. The minimum absolute atomic E-state index is 0.549. The molecule has 2 nitrogen and oxygen atoms in total. The molecule has 1 N–H and O–H groups in total. The second-order valence-corrected chi connectivity index (χ2v) is 7.93. The smallest absolute Gasteiger partial charge is 0.0376 e. The number of hydrogen-bond donors (Lipinski definition) is 1. The number of anilines is 2. The number of hydrogen-bond acceptors (Lipinski definition) is 2. The van der Waals surface area contributed by atoms with Crippen LogP contribution in [0.4, 0.5) is 11.4 Å². The van der Waals surface area contributed by atoms with E-state index in [1.165, 1.54) is 55.5 Å². The molecule has 0 radical (unpaired) electrons. The summed E-state index contributed by atoms with van der Waals surface area (Å²) in [4.78, 5) is 2.52. The standard InChI is InChI=1S/C19H30N2/c1-14-5-6-15-13-17(7-8-18(15)20-14)21(4)16-9-11-19(2,3)12-10-16/h7-8,13-14,16,20H,5-6,9-12H2,1-4H3. The first-order valence-corrected chi connectivity index (χ1v) is 8.57. The Morgan fingerprint density at radius 3 is 2.57 bits per heavy atom. The Morgan fingerprint density at radius 1 is 1.14 bits per heavy atom. The maximum Gasteiger partial charge on any atom is 0.0376 e. The van der Waals surface area contributed by atoms with Crippen LogP contribution in [0.5, 0.6) is 0 Å². The predicted molar refractivity (Wildman–Crippen MR) is 92.3 cm³/mol. The van der Waals surface area contributed by atoms with Crippen molar-refractivity contribution in [1.82, 2.24) is 0 Å². The number of fused-ring (bicyclic) bond motifs is 1. The summed E-state index contributed by atoms with van der Waals surface area (Å²) in [6.07, 6.45) is 7.82. The van der Waals surface area contributed by atoms with Crippen molar-refractivity contribution >= 4 is 11.4 Å². The minimum Gasteiger partial charge on any atom is -0.382 e. The highest BCUT2D eigenvalue weighted by atomic mass is 15.1. The molecule has 2 aliphatic rings. The van der Waals surface area contributed by atoms with Crippen molar-refractivity contribution < 1.29 is 0 Å². The van der Waals surface area contributed by atoms with E-state index in [9.17, 15) is 0 Å². The van der Waals surface area contributed by atoms with Gasteiger partial charge in [-0.15, -0.1) is 0 Å². The highest BCUT2D eigenvalue weighted by Crippen LogP contribution is 2.38. The Balaban J connectivity index is 1.72. The molecule has 1 unspecified atom stereocenters. The van der Waals surface area contributed by atoms with Gasteiger partial charge in [0, 0.05) is 30.5 Å². The summed E-state index contributed by atoms with van der Waals surface area (Å²) in [5.41, 5.74) is 4.78. The molecule has 3 rings (SSSR count). The highest BCUT2D eigenvalue weighted by Gasteiger charge is 2.29. The molecule has 0 amide bonds. The number of rotatable bonds is 2. The summed E-state index contributed by atoms with van der Waals surface area (Å²) in [5.74, 6) is 0. The average Bonchev–Trinajstić information content (AvgIpc) is 2.46. The number of nitrogens with zero attached hydrogens (tertiary/aromatic N) is 1. The Kier molecular flexibility index (Phi) is 3.90. The number of aryl methyl sites for hydroxylation is 1. The van der Waals surface area contributed by atoms with E-state index >= 15 is 0 Å². The zero-order valence-electron chi connectivity index (χ0n) is 14.1. The molecule has 0 spiro atoms. The molecule has 116 valence electrons. The second-order valence-electron chi connectivity index (χ2n) is 7.93. The third kappa shape index (κ3) is 3.20. The van der Waals surface area contributed by atoms with Crippen LogP contribution in [0.1, 0.15) is 58.4 Å². The van der Waals surface area contributed by atoms with Crippen molar-refractivity contribution in [2.24, 2.45) is 5.41 Å². The lowest BCUT2D eigenvalue weighted by molar-refractivity contribution is 0.222. The molecule has 1 aromatic rings. The summed E-state index contributed by atoms with van der Waals surface area (Å²) in [6, 6.07) is 8.31. The SMILES string of the molecule is CC1CCc2cc(N(C)C3CCC(C)(C)CC3)ccc2N1. The molecule has 1 aliphatic carbocycles. The van der Waals surface area contributed by atoms with Gasteiger partial charge in [0.15, 0.2) is 0 Å². The minimum atomic E-state index is 0.549. The van der Waals surface area contributed by atoms with E-state index in [1.54, 1.807) is 0 Å². The molecule has 2 heteroatoms. The van der Waals surface area contributed by atoms with Gasteiger partial charge in [0.25, 0.3) is 0 Å². The fraction of sp³-hybridized carbons (Fsp3) is 0.684. The van der Waals surface area contributed by atoms with Gasteiger partial charge in [0.05, 0.1) is 0 Å². The van der Waals surface area contributed by atoms with Crippen molar-refractivity contribution in [2.45, 2.75) is 71.4 Å².